The molecule has 0 aliphatic carbocycles. The Hall–Kier alpha value is -2.67. The summed E-state index contributed by atoms with van der Waals surface area (Å²) in [5, 5.41) is 0. The van der Waals surface area contributed by atoms with Crippen LogP contribution in [0.3, 0.4) is 0 Å². The summed E-state index contributed by atoms with van der Waals surface area (Å²) in [6.07, 6.45) is 2.46. The van der Waals surface area contributed by atoms with Crippen LogP contribution in [0.4, 0.5) is 4.39 Å². The normalized spacial score (nSPS) is 9.77. The van der Waals surface area contributed by atoms with Gasteiger partial charge in [-0.15, -0.1) is 0 Å². The number of aromatic nitrogens is 1. The van der Waals surface area contributed by atoms with Crippen molar-refractivity contribution < 1.29 is 13.9 Å². The van der Waals surface area contributed by atoms with Gasteiger partial charge in [-0.1, -0.05) is 24.0 Å². The Morgan fingerprint density at radius 1 is 1.27 bits per heavy atom. The summed E-state index contributed by atoms with van der Waals surface area (Å²) >= 11 is 0. The predicted molar refractivity (Wildman–Crippen MR) is 81.7 cm³/mol. The van der Waals surface area contributed by atoms with Crippen molar-refractivity contribution in [2.45, 2.75) is 19.8 Å². The van der Waals surface area contributed by atoms with Crippen LogP contribution in [-0.4, -0.2) is 18.1 Å². The molecule has 0 unspecified atom stereocenters. The fourth-order valence-electron chi connectivity index (χ4n) is 1.88. The maximum atomic E-state index is 13.1. The number of pyridine rings is 1. The zero-order valence-electron chi connectivity index (χ0n) is 12.5. The van der Waals surface area contributed by atoms with Crippen molar-refractivity contribution in [3.8, 4) is 11.8 Å². The van der Waals surface area contributed by atoms with Gasteiger partial charge in [0, 0.05) is 29.8 Å². The molecule has 22 heavy (non-hydrogen) atoms. The molecule has 1 aromatic carbocycles. The summed E-state index contributed by atoms with van der Waals surface area (Å²) in [5.74, 6) is 5.18. The van der Waals surface area contributed by atoms with Crippen LogP contribution in [0.1, 0.15) is 28.7 Å². The molecule has 0 spiro atoms. The van der Waals surface area contributed by atoms with Crippen LogP contribution in [0.5, 0.6) is 0 Å². The van der Waals surface area contributed by atoms with Crippen LogP contribution in [0.15, 0.2) is 36.5 Å². The number of hydrogen-bond donors (Lipinski definition) is 0. The average Bonchev–Trinajstić information content (AvgIpc) is 2.54. The molecule has 3 nitrogen and oxygen atoms in total. The first kappa shape index (κ1) is 15.7. The SMILES string of the molecule is COC(=O)CCc1ccc(C#Cc2cc(F)ncc2C)cc1. The molecule has 0 fully saturated rings. The van der Waals surface area contributed by atoms with Gasteiger partial charge in [-0.2, -0.15) is 4.39 Å². The van der Waals surface area contributed by atoms with Crippen LogP contribution in [0.2, 0.25) is 0 Å². The molecule has 0 bridgehead atoms. The molecule has 2 rings (SSSR count). The molecular weight excluding hydrogens is 281 g/mol. The summed E-state index contributed by atoms with van der Waals surface area (Å²) in [5.41, 5.74) is 3.34. The van der Waals surface area contributed by atoms with Gasteiger partial charge in [0.15, 0.2) is 0 Å². The van der Waals surface area contributed by atoms with E-state index in [1.54, 1.807) is 0 Å². The lowest BCUT2D eigenvalue weighted by molar-refractivity contribution is -0.140. The fourth-order valence-corrected chi connectivity index (χ4v) is 1.88. The molecule has 0 atom stereocenters. The zero-order chi connectivity index (χ0) is 15.9. The van der Waals surface area contributed by atoms with Crippen molar-refractivity contribution >= 4 is 5.97 Å². The number of esters is 1. The van der Waals surface area contributed by atoms with E-state index in [4.69, 9.17) is 0 Å². The Morgan fingerprint density at radius 2 is 2.00 bits per heavy atom. The molecule has 112 valence electrons. The second-order valence-corrected chi connectivity index (χ2v) is 4.85. The van der Waals surface area contributed by atoms with E-state index in [-0.39, 0.29) is 5.97 Å². The Bertz CT molecular complexity index is 727. The van der Waals surface area contributed by atoms with Gasteiger partial charge < -0.3 is 4.74 Å². The number of ether oxygens (including phenoxy) is 1. The Kier molecular flexibility index (Phi) is 5.26. The largest absolute Gasteiger partial charge is 0.469 e. The minimum atomic E-state index is -0.534. The highest BCUT2D eigenvalue weighted by Crippen LogP contribution is 2.09. The highest BCUT2D eigenvalue weighted by atomic mass is 19.1. The molecule has 0 amide bonds. The third-order valence-corrected chi connectivity index (χ3v) is 3.21. The molecule has 2 aromatic rings. The number of carbonyl (C=O) groups is 1. The van der Waals surface area contributed by atoms with E-state index in [1.807, 2.05) is 31.2 Å². The number of hydrogen-bond acceptors (Lipinski definition) is 3. The van der Waals surface area contributed by atoms with Gasteiger partial charge in [0.1, 0.15) is 0 Å². The van der Waals surface area contributed by atoms with Crippen LogP contribution < -0.4 is 0 Å². The van der Waals surface area contributed by atoms with Crippen LogP contribution in [0.25, 0.3) is 0 Å². The van der Waals surface area contributed by atoms with Crippen molar-refractivity contribution in [2.75, 3.05) is 7.11 Å². The Morgan fingerprint density at radius 3 is 2.68 bits per heavy atom. The van der Waals surface area contributed by atoms with E-state index in [0.717, 1.165) is 16.7 Å². The van der Waals surface area contributed by atoms with Crippen molar-refractivity contribution in [1.82, 2.24) is 4.98 Å². The molecular formula is C18H16FNO2. The smallest absolute Gasteiger partial charge is 0.305 e. The quantitative estimate of drug-likeness (QED) is 0.496. The van der Waals surface area contributed by atoms with E-state index in [9.17, 15) is 9.18 Å². The van der Waals surface area contributed by atoms with E-state index < -0.39 is 5.95 Å². The van der Waals surface area contributed by atoms with Gasteiger partial charge in [-0.3, -0.25) is 4.79 Å². The van der Waals surface area contributed by atoms with Crippen molar-refractivity contribution in [1.29, 1.82) is 0 Å². The Labute approximate surface area is 129 Å². The van der Waals surface area contributed by atoms with Gasteiger partial charge in [-0.05, 0) is 36.6 Å². The third-order valence-electron chi connectivity index (χ3n) is 3.21. The topological polar surface area (TPSA) is 39.2 Å². The first-order valence-electron chi connectivity index (χ1n) is 6.88. The first-order chi connectivity index (χ1) is 10.6. The number of halogens is 1. The summed E-state index contributed by atoms with van der Waals surface area (Å²) in [4.78, 5) is 14.7. The van der Waals surface area contributed by atoms with Crippen molar-refractivity contribution in [2.24, 2.45) is 0 Å². The van der Waals surface area contributed by atoms with Gasteiger partial charge in [0.25, 0.3) is 0 Å². The zero-order valence-corrected chi connectivity index (χ0v) is 12.5. The standard InChI is InChI=1S/C18H16FNO2/c1-13-12-20-17(19)11-16(13)9-7-14-3-5-15(6-4-14)8-10-18(21)22-2/h3-6,11-12H,8,10H2,1-2H3. The van der Waals surface area contributed by atoms with Crippen LogP contribution in [0, 0.1) is 24.7 Å². The van der Waals surface area contributed by atoms with Gasteiger partial charge >= 0.3 is 5.97 Å². The van der Waals surface area contributed by atoms with Crippen molar-refractivity contribution in [3.63, 3.8) is 0 Å². The molecule has 4 heteroatoms. The van der Waals surface area contributed by atoms with Crippen LogP contribution in [-0.2, 0) is 16.0 Å². The molecule has 0 aliphatic rings. The fraction of sp³-hybridized carbons (Fsp3) is 0.222. The lowest BCUT2D eigenvalue weighted by Crippen LogP contribution is -2.01. The summed E-state index contributed by atoms with van der Waals surface area (Å²) < 4.78 is 17.7. The molecule has 0 saturated heterocycles. The molecule has 1 heterocycles. The number of aryl methyl sites for hydroxylation is 2. The molecule has 0 radical (unpaired) electrons. The van der Waals surface area contributed by atoms with Crippen molar-refractivity contribution in [3.05, 3.63) is 64.7 Å². The number of rotatable bonds is 3. The van der Waals surface area contributed by atoms with E-state index in [2.05, 4.69) is 21.6 Å². The maximum Gasteiger partial charge on any atom is 0.305 e. The lowest BCUT2D eigenvalue weighted by atomic mass is 10.1. The third kappa shape index (κ3) is 4.42. The number of nitrogens with zero attached hydrogens (tertiary/aromatic N) is 1. The number of benzene rings is 1. The summed E-state index contributed by atoms with van der Waals surface area (Å²) in [6, 6.07) is 8.94. The Balaban J connectivity index is 2.07. The number of carbonyl (C=O) groups excluding carboxylic acids is 1. The monoisotopic (exact) mass is 297 g/mol. The average molecular weight is 297 g/mol. The molecule has 0 N–H and O–H groups in total. The van der Waals surface area contributed by atoms with Gasteiger partial charge in [0.05, 0.1) is 7.11 Å². The second-order valence-electron chi connectivity index (χ2n) is 4.85. The van der Waals surface area contributed by atoms with Gasteiger partial charge in [0.2, 0.25) is 5.95 Å². The van der Waals surface area contributed by atoms with E-state index in [0.29, 0.717) is 18.4 Å². The van der Waals surface area contributed by atoms with E-state index in [1.165, 1.54) is 19.4 Å². The maximum absolute atomic E-state index is 13.1. The minimum absolute atomic E-state index is 0.223. The lowest BCUT2D eigenvalue weighted by Gasteiger charge is -2.00. The minimum Gasteiger partial charge on any atom is -0.469 e. The van der Waals surface area contributed by atoms with Gasteiger partial charge in [-0.25, -0.2) is 4.98 Å². The second kappa shape index (κ2) is 7.37. The van der Waals surface area contributed by atoms with E-state index >= 15 is 0 Å². The van der Waals surface area contributed by atoms with Crippen LogP contribution >= 0.6 is 0 Å². The summed E-state index contributed by atoms with van der Waals surface area (Å²) in [7, 11) is 1.38. The highest BCUT2D eigenvalue weighted by Gasteiger charge is 2.01. The molecule has 1 aromatic heterocycles. The highest BCUT2D eigenvalue weighted by molar-refractivity contribution is 5.69. The summed E-state index contributed by atoms with van der Waals surface area (Å²) in [6.45, 7) is 1.84. The molecule has 0 aliphatic heterocycles. The predicted octanol–water partition coefficient (Wildman–Crippen LogP) is 3.03. The first-order valence-corrected chi connectivity index (χ1v) is 6.88. The number of methoxy groups -OCH3 is 1. The molecule has 0 saturated carbocycles.